The molecule has 0 aliphatic heterocycles. The van der Waals surface area contributed by atoms with E-state index in [-0.39, 0.29) is 0 Å². The van der Waals surface area contributed by atoms with Crippen LogP contribution in [-0.4, -0.2) is 27.7 Å². The molecule has 0 radical (unpaired) electrons. The maximum atomic E-state index is 14.1. The molecule has 2 N–H and O–H groups in total. The number of nitrogens with one attached hydrogen (secondary N) is 1. The molecule has 0 unspecified atom stereocenters. The largest absolute Gasteiger partial charge is 0.465 e. The lowest BCUT2D eigenvalue weighted by Crippen LogP contribution is -2.22. The minimum Gasteiger partial charge on any atom is -0.465 e. The molecule has 0 aromatic carbocycles. The first-order valence-electron chi connectivity index (χ1n) is 7.43. The monoisotopic (exact) mass is 375 g/mol. The van der Waals surface area contributed by atoms with Crippen LogP contribution in [0.5, 0.6) is 0 Å². The molecule has 3 rings (SSSR count). The first-order chi connectivity index (χ1) is 12.1. The number of nitrogens with zero attached hydrogens (tertiary/aromatic N) is 2. The van der Waals surface area contributed by atoms with Crippen LogP contribution < -0.4 is 5.32 Å². The highest BCUT2D eigenvalue weighted by Gasteiger charge is 2.16. The van der Waals surface area contributed by atoms with E-state index in [1.807, 2.05) is 24.3 Å². The van der Waals surface area contributed by atoms with Crippen molar-refractivity contribution in [2.75, 3.05) is 6.54 Å². The van der Waals surface area contributed by atoms with Gasteiger partial charge in [0.05, 0.1) is 4.21 Å². The molecule has 25 heavy (non-hydrogen) atoms. The third-order valence-corrected chi connectivity index (χ3v) is 5.63. The summed E-state index contributed by atoms with van der Waals surface area (Å²) in [6, 6.07) is 10.9. The predicted octanol–water partition coefficient (Wildman–Crippen LogP) is 4.31. The summed E-state index contributed by atoms with van der Waals surface area (Å²) >= 11 is 2.96. The Labute approximate surface area is 152 Å². The van der Waals surface area contributed by atoms with Crippen LogP contribution in [0.25, 0.3) is 11.1 Å². The van der Waals surface area contributed by atoms with Crippen molar-refractivity contribution in [3.8, 4) is 11.1 Å². The second kappa shape index (κ2) is 8.09. The van der Waals surface area contributed by atoms with Crippen LogP contribution in [-0.2, 0) is 6.42 Å². The van der Waals surface area contributed by atoms with Gasteiger partial charge in [0.15, 0.2) is 0 Å². The number of hydrogen-bond donors (Lipinski definition) is 2. The van der Waals surface area contributed by atoms with Gasteiger partial charge in [-0.1, -0.05) is 17.8 Å². The van der Waals surface area contributed by atoms with E-state index in [9.17, 15) is 9.18 Å². The van der Waals surface area contributed by atoms with Gasteiger partial charge in [-0.2, -0.15) is 4.39 Å². The van der Waals surface area contributed by atoms with Gasteiger partial charge in [0, 0.05) is 34.9 Å². The van der Waals surface area contributed by atoms with E-state index in [2.05, 4.69) is 15.3 Å². The van der Waals surface area contributed by atoms with Crippen LogP contribution in [0.15, 0.2) is 58.0 Å². The number of aromatic nitrogens is 2. The number of halogens is 1. The van der Waals surface area contributed by atoms with Crippen LogP contribution in [0.3, 0.4) is 0 Å². The number of thiophene rings is 1. The number of pyridine rings is 2. The Kier molecular flexibility index (Phi) is 5.62. The minimum atomic E-state index is -1.06. The number of carboxylic acid groups (broad SMARTS) is 1. The summed E-state index contributed by atoms with van der Waals surface area (Å²) in [5.74, 6) is -0.529. The molecule has 0 spiro atoms. The Morgan fingerprint density at radius 1 is 1.20 bits per heavy atom. The third kappa shape index (κ3) is 4.55. The van der Waals surface area contributed by atoms with Crippen molar-refractivity contribution in [1.82, 2.24) is 15.3 Å². The van der Waals surface area contributed by atoms with Crippen molar-refractivity contribution in [2.45, 2.75) is 15.7 Å². The number of amides is 1. The molecule has 0 fully saturated rings. The molecule has 3 aromatic rings. The summed E-state index contributed by atoms with van der Waals surface area (Å²) in [6.45, 7) is 0.304. The maximum absolute atomic E-state index is 14.1. The van der Waals surface area contributed by atoms with Gasteiger partial charge in [0.1, 0.15) is 5.03 Å². The Morgan fingerprint density at radius 2 is 2.04 bits per heavy atom. The van der Waals surface area contributed by atoms with Crippen molar-refractivity contribution in [2.24, 2.45) is 0 Å². The van der Waals surface area contributed by atoms with Gasteiger partial charge in [-0.3, -0.25) is 0 Å². The highest BCUT2D eigenvalue weighted by atomic mass is 32.2. The molecular weight excluding hydrogens is 361 g/mol. The molecule has 0 atom stereocenters. The smallest absolute Gasteiger partial charge is 0.404 e. The van der Waals surface area contributed by atoms with Crippen molar-refractivity contribution in [3.05, 3.63) is 59.6 Å². The lowest BCUT2D eigenvalue weighted by Gasteiger charge is -2.03. The predicted molar refractivity (Wildman–Crippen MR) is 95.6 cm³/mol. The fourth-order valence-electron chi connectivity index (χ4n) is 2.19. The second-order valence-corrected chi connectivity index (χ2v) is 7.43. The van der Waals surface area contributed by atoms with Crippen LogP contribution in [0.4, 0.5) is 9.18 Å². The van der Waals surface area contributed by atoms with Gasteiger partial charge in [-0.05, 0) is 36.8 Å². The van der Waals surface area contributed by atoms with Crippen LogP contribution >= 0.6 is 23.1 Å². The van der Waals surface area contributed by atoms with Gasteiger partial charge in [-0.15, -0.1) is 11.3 Å². The van der Waals surface area contributed by atoms with Gasteiger partial charge in [0.25, 0.3) is 0 Å². The summed E-state index contributed by atoms with van der Waals surface area (Å²) in [4.78, 5) is 19.6. The van der Waals surface area contributed by atoms with E-state index in [0.29, 0.717) is 18.5 Å². The van der Waals surface area contributed by atoms with E-state index >= 15 is 0 Å². The molecule has 3 aromatic heterocycles. The summed E-state index contributed by atoms with van der Waals surface area (Å²) < 4.78 is 15.0. The van der Waals surface area contributed by atoms with Gasteiger partial charge in [-0.25, -0.2) is 14.8 Å². The lowest BCUT2D eigenvalue weighted by atomic mass is 10.1. The fraction of sp³-hybridized carbons (Fsp3) is 0.118. The van der Waals surface area contributed by atoms with Crippen LogP contribution in [0.1, 0.15) is 4.88 Å². The molecule has 128 valence electrons. The molecule has 8 heteroatoms. The lowest BCUT2D eigenvalue weighted by molar-refractivity contribution is 0.194. The molecule has 0 aliphatic rings. The number of carbonyl (C=O) groups is 1. The molecule has 0 saturated heterocycles. The highest BCUT2D eigenvalue weighted by Crippen LogP contribution is 2.42. The van der Waals surface area contributed by atoms with E-state index in [0.717, 1.165) is 19.7 Å². The number of rotatable bonds is 6. The average molecular weight is 375 g/mol. The third-order valence-electron chi connectivity index (χ3n) is 3.28. The first-order valence-corrected chi connectivity index (χ1v) is 9.06. The molecule has 5 nitrogen and oxygen atoms in total. The highest BCUT2D eigenvalue weighted by molar-refractivity contribution is 8.01. The van der Waals surface area contributed by atoms with Gasteiger partial charge < -0.3 is 10.4 Å². The SMILES string of the molecule is O=C(O)NCCc1cc(-c2cccnc2F)c(Sc2ccccn2)s1. The Hall–Kier alpha value is -2.45. The topological polar surface area (TPSA) is 75.1 Å². The summed E-state index contributed by atoms with van der Waals surface area (Å²) in [5, 5.41) is 11.8. The zero-order valence-electron chi connectivity index (χ0n) is 13.0. The summed E-state index contributed by atoms with van der Waals surface area (Å²) in [5.41, 5.74) is 1.17. The van der Waals surface area contributed by atoms with Crippen molar-refractivity contribution in [1.29, 1.82) is 0 Å². The van der Waals surface area contributed by atoms with Gasteiger partial charge >= 0.3 is 6.09 Å². The Morgan fingerprint density at radius 3 is 2.76 bits per heavy atom. The maximum Gasteiger partial charge on any atom is 0.404 e. The Bertz CT molecular complexity index is 871. The first kappa shape index (κ1) is 17.4. The van der Waals surface area contributed by atoms with Crippen LogP contribution in [0.2, 0.25) is 0 Å². The molecular formula is C17H14FN3O2S2. The molecule has 0 bridgehead atoms. The standard InChI is InChI=1S/C17H14FN3O2S2/c18-15-12(4-3-8-20-15)13-10-11(6-9-21-17(22)23)24-16(13)25-14-5-1-2-7-19-14/h1-5,7-8,10,21H,6,9H2,(H,22,23). The van der Waals surface area contributed by atoms with Crippen molar-refractivity contribution < 1.29 is 14.3 Å². The van der Waals surface area contributed by atoms with Crippen molar-refractivity contribution >= 4 is 29.2 Å². The van der Waals surface area contributed by atoms with Crippen LogP contribution in [0, 0.1) is 5.95 Å². The molecule has 1 amide bonds. The zero-order valence-corrected chi connectivity index (χ0v) is 14.6. The van der Waals surface area contributed by atoms with Gasteiger partial charge in [0.2, 0.25) is 5.95 Å². The zero-order chi connectivity index (χ0) is 17.6. The normalized spacial score (nSPS) is 10.6. The van der Waals surface area contributed by atoms with E-state index in [1.165, 1.54) is 29.3 Å². The number of hydrogen-bond acceptors (Lipinski definition) is 5. The molecule has 3 heterocycles. The Balaban J connectivity index is 1.92. The minimum absolute atomic E-state index is 0.304. The quantitative estimate of drug-likeness (QED) is 0.628. The summed E-state index contributed by atoms with van der Waals surface area (Å²) in [7, 11) is 0. The van der Waals surface area contributed by atoms with E-state index < -0.39 is 12.0 Å². The van der Waals surface area contributed by atoms with Crippen molar-refractivity contribution in [3.63, 3.8) is 0 Å². The summed E-state index contributed by atoms with van der Waals surface area (Å²) in [6.07, 6.45) is 2.60. The fourth-order valence-corrected chi connectivity index (χ4v) is 4.56. The molecule has 0 aliphatic carbocycles. The van der Waals surface area contributed by atoms with E-state index in [4.69, 9.17) is 5.11 Å². The average Bonchev–Trinajstić information content (AvgIpc) is 2.98. The second-order valence-electron chi connectivity index (χ2n) is 5.01. The van der Waals surface area contributed by atoms with E-state index in [1.54, 1.807) is 18.3 Å². The molecule has 0 saturated carbocycles.